The molecule has 0 atom stereocenters. The smallest absolute Gasteiger partial charge is 0.197 e. The summed E-state index contributed by atoms with van der Waals surface area (Å²) in [5.74, 6) is 1.52. The zero-order valence-corrected chi connectivity index (χ0v) is 15.1. The lowest BCUT2D eigenvalue weighted by molar-refractivity contribution is 0.103. The third kappa shape index (κ3) is 3.39. The second kappa shape index (κ2) is 7.67. The van der Waals surface area contributed by atoms with Crippen molar-refractivity contribution in [1.82, 2.24) is 0 Å². The van der Waals surface area contributed by atoms with Crippen LogP contribution in [0.5, 0.6) is 5.75 Å². The normalized spacial score (nSPS) is 10.9. The lowest BCUT2D eigenvalue weighted by Crippen LogP contribution is -2.04. The summed E-state index contributed by atoms with van der Waals surface area (Å²) in [6.45, 7) is 2.68. The number of ketones is 1. The Kier molecular flexibility index (Phi) is 5.36. The zero-order chi connectivity index (χ0) is 16.9. The van der Waals surface area contributed by atoms with Crippen LogP contribution < -0.4 is 4.74 Å². The molecule has 0 fully saturated rings. The van der Waals surface area contributed by atoms with E-state index in [2.05, 4.69) is 22.9 Å². The fourth-order valence-electron chi connectivity index (χ4n) is 2.75. The van der Waals surface area contributed by atoms with Gasteiger partial charge in [0.25, 0.3) is 0 Å². The molecule has 1 heterocycles. The maximum atomic E-state index is 13.0. The number of halogens is 1. The number of carbonyl (C=O) groups excluding carboxylic acids is 1. The van der Waals surface area contributed by atoms with Crippen LogP contribution in [0.15, 0.2) is 52.9 Å². The second-order valence-corrected chi connectivity index (χ2v) is 6.33. The monoisotopic (exact) mass is 386 g/mol. The molecule has 1 aromatic heterocycles. The minimum absolute atomic E-state index is 0.00422. The van der Waals surface area contributed by atoms with E-state index in [1.54, 1.807) is 0 Å². The van der Waals surface area contributed by atoms with E-state index in [0.29, 0.717) is 17.7 Å². The molecule has 3 rings (SSSR count). The Hall–Kier alpha value is -2.07. The van der Waals surface area contributed by atoms with Crippen LogP contribution in [0.1, 0.15) is 35.0 Å². The predicted octanol–water partition coefficient (Wildman–Crippen LogP) is 5.39. The summed E-state index contributed by atoms with van der Waals surface area (Å²) in [6.07, 6.45) is 1.68. The molecule has 0 saturated carbocycles. The summed E-state index contributed by atoms with van der Waals surface area (Å²) >= 11 is 3.33. The molecule has 0 aliphatic carbocycles. The number of ether oxygens (including phenoxy) is 1. The molecule has 0 bridgehead atoms. The van der Waals surface area contributed by atoms with Crippen molar-refractivity contribution in [2.24, 2.45) is 0 Å². The number of para-hydroxylation sites is 1. The lowest BCUT2D eigenvalue weighted by Gasteiger charge is -2.06. The highest BCUT2D eigenvalue weighted by atomic mass is 79.9. The fraction of sp³-hybridized carbons (Fsp3) is 0.250. The third-order valence-corrected chi connectivity index (χ3v) is 4.16. The van der Waals surface area contributed by atoms with Crippen molar-refractivity contribution in [1.29, 1.82) is 0 Å². The predicted molar refractivity (Wildman–Crippen MR) is 99.4 cm³/mol. The van der Waals surface area contributed by atoms with E-state index in [9.17, 15) is 4.79 Å². The summed E-state index contributed by atoms with van der Waals surface area (Å²) in [5.41, 5.74) is 2.09. The van der Waals surface area contributed by atoms with Crippen molar-refractivity contribution in [3.63, 3.8) is 0 Å². The first-order chi connectivity index (χ1) is 11.7. The van der Waals surface area contributed by atoms with E-state index in [-0.39, 0.29) is 5.78 Å². The van der Waals surface area contributed by atoms with E-state index in [0.717, 1.165) is 40.7 Å². The van der Waals surface area contributed by atoms with Crippen molar-refractivity contribution in [3.8, 4) is 5.75 Å². The highest BCUT2D eigenvalue weighted by Crippen LogP contribution is 2.29. The Labute approximate surface area is 149 Å². The van der Waals surface area contributed by atoms with Gasteiger partial charge in [-0.2, -0.15) is 0 Å². The molecule has 0 amide bonds. The summed E-state index contributed by atoms with van der Waals surface area (Å²) in [7, 11) is 0. The van der Waals surface area contributed by atoms with Gasteiger partial charge in [-0.05, 0) is 36.8 Å². The van der Waals surface area contributed by atoms with E-state index in [4.69, 9.17) is 9.15 Å². The van der Waals surface area contributed by atoms with Crippen LogP contribution in [0.2, 0.25) is 0 Å². The summed E-state index contributed by atoms with van der Waals surface area (Å²) in [6, 6.07) is 15.0. The van der Waals surface area contributed by atoms with Crippen molar-refractivity contribution >= 4 is 32.7 Å². The van der Waals surface area contributed by atoms with E-state index < -0.39 is 0 Å². The van der Waals surface area contributed by atoms with Crippen LogP contribution in [0, 0.1) is 0 Å². The van der Waals surface area contributed by atoms with Crippen molar-refractivity contribution in [2.45, 2.75) is 19.8 Å². The number of fused-ring (bicyclic) bond motifs is 1. The Morgan fingerprint density at radius 1 is 1.12 bits per heavy atom. The first kappa shape index (κ1) is 16.8. The molecule has 0 aliphatic heterocycles. The number of benzene rings is 2. The van der Waals surface area contributed by atoms with Gasteiger partial charge in [0.05, 0.1) is 12.2 Å². The van der Waals surface area contributed by atoms with Crippen LogP contribution in [0.3, 0.4) is 0 Å². The van der Waals surface area contributed by atoms with Crippen molar-refractivity contribution in [2.75, 3.05) is 11.9 Å². The number of aryl methyl sites for hydroxylation is 1. The first-order valence-electron chi connectivity index (χ1n) is 8.08. The molecule has 4 heteroatoms. The van der Waals surface area contributed by atoms with Gasteiger partial charge < -0.3 is 9.15 Å². The largest absolute Gasteiger partial charge is 0.493 e. The minimum Gasteiger partial charge on any atom is -0.493 e. The van der Waals surface area contributed by atoms with Gasteiger partial charge in [-0.3, -0.25) is 4.79 Å². The molecule has 3 nitrogen and oxygen atoms in total. The van der Waals surface area contributed by atoms with E-state index in [1.165, 1.54) is 0 Å². The third-order valence-electron chi connectivity index (χ3n) is 3.83. The van der Waals surface area contributed by atoms with Gasteiger partial charge in [0, 0.05) is 22.7 Å². The second-order valence-electron chi connectivity index (χ2n) is 5.54. The molecule has 3 aromatic rings. The number of furan rings is 1. The quantitative estimate of drug-likeness (QED) is 0.403. The Morgan fingerprint density at radius 2 is 1.88 bits per heavy atom. The molecule has 0 aliphatic rings. The van der Waals surface area contributed by atoms with E-state index >= 15 is 0 Å². The van der Waals surface area contributed by atoms with Crippen LogP contribution in [-0.2, 0) is 6.42 Å². The van der Waals surface area contributed by atoms with Crippen LogP contribution in [0.4, 0.5) is 0 Å². The van der Waals surface area contributed by atoms with Crippen LogP contribution >= 0.6 is 15.9 Å². The van der Waals surface area contributed by atoms with Gasteiger partial charge in [0.15, 0.2) is 5.78 Å². The molecule has 124 valence electrons. The zero-order valence-electron chi connectivity index (χ0n) is 13.5. The molecule has 2 aromatic carbocycles. The number of rotatable bonds is 7. The van der Waals surface area contributed by atoms with Crippen LogP contribution in [-0.4, -0.2) is 17.7 Å². The van der Waals surface area contributed by atoms with E-state index in [1.807, 2.05) is 48.5 Å². The average Bonchev–Trinajstić information content (AvgIpc) is 2.98. The maximum Gasteiger partial charge on any atom is 0.197 e. The van der Waals surface area contributed by atoms with Gasteiger partial charge in [0.2, 0.25) is 0 Å². The number of hydrogen-bond donors (Lipinski definition) is 0. The average molecular weight is 387 g/mol. The molecule has 0 unspecified atom stereocenters. The minimum atomic E-state index is -0.00422. The molecule has 0 N–H and O–H groups in total. The Balaban J connectivity index is 1.97. The standard InChI is InChI=1S/C20H19BrO3/c1-2-5-18-19(16-6-3-4-7-17(16)24-18)20(22)14-8-10-15(11-9-14)23-13-12-21/h3-4,6-11H,2,5,12-13H2,1H3. The summed E-state index contributed by atoms with van der Waals surface area (Å²) < 4.78 is 11.4. The molecular weight excluding hydrogens is 368 g/mol. The van der Waals surface area contributed by atoms with Gasteiger partial charge in [0.1, 0.15) is 17.1 Å². The highest BCUT2D eigenvalue weighted by molar-refractivity contribution is 9.09. The highest BCUT2D eigenvalue weighted by Gasteiger charge is 2.21. The summed E-state index contributed by atoms with van der Waals surface area (Å²) in [5, 5.41) is 1.65. The molecule has 24 heavy (non-hydrogen) atoms. The van der Waals surface area contributed by atoms with Gasteiger partial charge >= 0.3 is 0 Å². The van der Waals surface area contributed by atoms with Crippen LogP contribution in [0.25, 0.3) is 11.0 Å². The molecule has 0 radical (unpaired) electrons. The van der Waals surface area contributed by atoms with Crippen molar-refractivity contribution < 1.29 is 13.9 Å². The Morgan fingerprint density at radius 3 is 2.58 bits per heavy atom. The molecule has 0 spiro atoms. The number of hydrogen-bond acceptors (Lipinski definition) is 3. The fourth-order valence-corrected chi connectivity index (χ4v) is 2.91. The molecule has 0 saturated heterocycles. The SMILES string of the molecule is CCCc1oc2ccccc2c1C(=O)c1ccc(OCCBr)cc1. The van der Waals surface area contributed by atoms with Crippen molar-refractivity contribution in [3.05, 3.63) is 65.4 Å². The Bertz CT molecular complexity index is 834. The van der Waals surface area contributed by atoms with Gasteiger partial charge in [-0.15, -0.1) is 0 Å². The van der Waals surface area contributed by atoms with Gasteiger partial charge in [-0.1, -0.05) is 41.1 Å². The molecular formula is C20H19BrO3. The number of alkyl halides is 1. The number of carbonyl (C=O) groups is 1. The first-order valence-corrected chi connectivity index (χ1v) is 9.20. The summed E-state index contributed by atoms with van der Waals surface area (Å²) in [4.78, 5) is 13.0. The van der Waals surface area contributed by atoms with Gasteiger partial charge in [-0.25, -0.2) is 0 Å². The maximum absolute atomic E-state index is 13.0. The lowest BCUT2D eigenvalue weighted by atomic mass is 9.98. The topological polar surface area (TPSA) is 39.4 Å².